The van der Waals surface area contributed by atoms with E-state index in [2.05, 4.69) is 9.72 Å². The monoisotopic (exact) mass is 442 g/mol. The van der Waals surface area contributed by atoms with Gasteiger partial charge < -0.3 is 14.4 Å². The highest BCUT2D eigenvalue weighted by Crippen LogP contribution is 2.30. The van der Waals surface area contributed by atoms with Crippen molar-refractivity contribution in [1.82, 2.24) is 9.88 Å². The van der Waals surface area contributed by atoms with Crippen LogP contribution >= 0.6 is 0 Å². The summed E-state index contributed by atoms with van der Waals surface area (Å²) in [4.78, 5) is 18.7. The van der Waals surface area contributed by atoms with Gasteiger partial charge in [0.1, 0.15) is 12.4 Å². The summed E-state index contributed by atoms with van der Waals surface area (Å²) < 4.78 is 46.9. The zero-order valence-corrected chi connectivity index (χ0v) is 17.3. The molecule has 1 aromatic heterocycles. The minimum absolute atomic E-state index is 0.0276. The van der Waals surface area contributed by atoms with Crippen LogP contribution in [-0.2, 0) is 16.1 Å². The molecule has 32 heavy (non-hydrogen) atoms. The molecule has 166 valence electrons. The first kappa shape index (κ1) is 21.8. The second-order valence-electron chi connectivity index (χ2n) is 7.59. The number of carbonyl (C=O) groups is 1. The molecule has 0 radical (unpaired) electrons. The Hall–Kier alpha value is -3.39. The van der Waals surface area contributed by atoms with E-state index in [0.29, 0.717) is 24.4 Å². The summed E-state index contributed by atoms with van der Waals surface area (Å²) in [6.45, 7) is 2.82. The Morgan fingerprint density at radius 1 is 1.12 bits per heavy atom. The van der Waals surface area contributed by atoms with E-state index in [4.69, 9.17) is 4.74 Å². The van der Waals surface area contributed by atoms with Gasteiger partial charge in [-0.25, -0.2) is 0 Å². The van der Waals surface area contributed by atoms with Crippen molar-refractivity contribution in [3.05, 3.63) is 83.6 Å². The average Bonchev–Trinajstić information content (AvgIpc) is 2.76. The van der Waals surface area contributed by atoms with Crippen LogP contribution in [0.3, 0.4) is 0 Å². The van der Waals surface area contributed by atoms with Gasteiger partial charge in [0.25, 0.3) is 0 Å². The maximum Gasteiger partial charge on any atom is 0.573 e. The van der Waals surface area contributed by atoms with Crippen LogP contribution in [0.5, 0.6) is 5.75 Å². The van der Waals surface area contributed by atoms with Crippen molar-refractivity contribution in [1.29, 1.82) is 0 Å². The van der Waals surface area contributed by atoms with Crippen molar-refractivity contribution >= 4 is 5.91 Å². The molecular weight excluding hydrogens is 421 g/mol. The number of aromatic nitrogens is 1. The average molecular weight is 442 g/mol. The Balaban J connectivity index is 1.55. The summed E-state index contributed by atoms with van der Waals surface area (Å²) in [5, 5.41) is 0. The van der Waals surface area contributed by atoms with Crippen LogP contribution in [0.25, 0.3) is 11.3 Å². The lowest BCUT2D eigenvalue weighted by Crippen LogP contribution is -2.43. The summed E-state index contributed by atoms with van der Waals surface area (Å²) in [6.07, 6.45) is -3.13. The smallest absolute Gasteiger partial charge is 0.406 e. The van der Waals surface area contributed by atoms with Gasteiger partial charge in [-0.05, 0) is 36.2 Å². The van der Waals surface area contributed by atoms with Gasteiger partial charge in [0.15, 0.2) is 0 Å². The number of rotatable bonds is 5. The first-order chi connectivity index (χ1) is 15.3. The number of morpholine rings is 1. The fourth-order valence-electron chi connectivity index (χ4n) is 3.60. The van der Waals surface area contributed by atoms with Crippen molar-refractivity contribution in [2.24, 2.45) is 0 Å². The standard InChI is InChI=1S/C24H21F3N2O3/c1-16-5-7-17(8-6-16)13-29-22(14-31-15-23(29)30)19-9-10-21(28-12-19)18-3-2-4-20(11-18)32-24(25,26)27/h2-12,22H,13-15H2,1H3. The van der Waals surface area contributed by atoms with Gasteiger partial charge in [0.05, 0.1) is 18.3 Å². The number of alkyl halides is 3. The van der Waals surface area contributed by atoms with Crippen LogP contribution < -0.4 is 4.74 Å². The molecule has 0 saturated carbocycles. The zero-order chi connectivity index (χ0) is 22.7. The number of hydrogen-bond donors (Lipinski definition) is 0. The predicted molar refractivity (Wildman–Crippen MR) is 112 cm³/mol. The number of ether oxygens (including phenoxy) is 2. The van der Waals surface area contributed by atoms with Gasteiger partial charge in [-0.15, -0.1) is 13.2 Å². The Morgan fingerprint density at radius 3 is 2.59 bits per heavy atom. The lowest BCUT2D eigenvalue weighted by Gasteiger charge is -2.35. The topological polar surface area (TPSA) is 51.7 Å². The van der Waals surface area contributed by atoms with E-state index in [-0.39, 0.29) is 24.3 Å². The molecule has 1 atom stereocenters. The largest absolute Gasteiger partial charge is 0.573 e. The lowest BCUT2D eigenvalue weighted by molar-refractivity contribution is -0.274. The van der Waals surface area contributed by atoms with E-state index in [9.17, 15) is 18.0 Å². The molecule has 2 heterocycles. The number of hydrogen-bond acceptors (Lipinski definition) is 4. The van der Waals surface area contributed by atoms with E-state index in [1.165, 1.54) is 18.2 Å². The van der Waals surface area contributed by atoms with Crippen molar-refractivity contribution in [2.75, 3.05) is 13.2 Å². The number of halogens is 3. The second-order valence-corrected chi connectivity index (χ2v) is 7.59. The first-order valence-electron chi connectivity index (χ1n) is 10.0. The van der Waals surface area contributed by atoms with Gasteiger partial charge in [0.2, 0.25) is 5.91 Å². The normalized spacial score (nSPS) is 16.8. The molecule has 5 nitrogen and oxygen atoms in total. The maximum absolute atomic E-state index is 12.6. The molecule has 1 saturated heterocycles. The molecular formula is C24H21F3N2O3. The summed E-state index contributed by atoms with van der Waals surface area (Å²) >= 11 is 0. The van der Waals surface area contributed by atoms with Crippen molar-refractivity contribution in [2.45, 2.75) is 25.9 Å². The molecule has 8 heteroatoms. The Kier molecular flexibility index (Phi) is 6.14. The third-order valence-electron chi connectivity index (χ3n) is 5.21. The van der Waals surface area contributed by atoms with E-state index in [1.807, 2.05) is 37.3 Å². The van der Waals surface area contributed by atoms with Gasteiger partial charge in [-0.2, -0.15) is 0 Å². The van der Waals surface area contributed by atoms with Crippen LogP contribution in [0.4, 0.5) is 13.2 Å². The molecule has 1 aliphatic rings. The van der Waals surface area contributed by atoms with Gasteiger partial charge in [-0.1, -0.05) is 48.0 Å². The molecule has 3 aromatic rings. The van der Waals surface area contributed by atoms with E-state index < -0.39 is 6.36 Å². The Morgan fingerprint density at radius 2 is 1.91 bits per heavy atom. The Bertz CT molecular complexity index is 1080. The molecule has 0 aliphatic carbocycles. The molecule has 2 aromatic carbocycles. The Labute approximate surface area is 183 Å². The zero-order valence-electron chi connectivity index (χ0n) is 17.3. The maximum atomic E-state index is 12.6. The molecule has 4 rings (SSSR count). The minimum Gasteiger partial charge on any atom is -0.406 e. The highest BCUT2D eigenvalue weighted by molar-refractivity contribution is 5.78. The number of carbonyl (C=O) groups excluding carboxylic acids is 1. The molecule has 0 N–H and O–H groups in total. The van der Waals surface area contributed by atoms with Crippen LogP contribution in [0.15, 0.2) is 66.9 Å². The highest BCUT2D eigenvalue weighted by Gasteiger charge is 2.32. The molecule has 0 bridgehead atoms. The summed E-state index contributed by atoms with van der Waals surface area (Å²) in [5.74, 6) is -0.417. The SMILES string of the molecule is Cc1ccc(CN2C(=O)COCC2c2ccc(-c3cccc(OC(F)(F)F)c3)nc2)cc1. The quantitative estimate of drug-likeness (QED) is 0.555. The number of benzene rings is 2. The molecule has 1 amide bonds. The highest BCUT2D eigenvalue weighted by atomic mass is 19.4. The third kappa shape index (κ3) is 5.26. The van der Waals surface area contributed by atoms with Crippen LogP contribution in [-0.4, -0.2) is 35.4 Å². The van der Waals surface area contributed by atoms with E-state index in [0.717, 1.165) is 16.7 Å². The lowest BCUT2D eigenvalue weighted by atomic mass is 10.0. The minimum atomic E-state index is -4.76. The third-order valence-corrected chi connectivity index (χ3v) is 5.21. The van der Waals surface area contributed by atoms with Crippen molar-refractivity contribution in [3.8, 4) is 17.0 Å². The number of aryl methyl sites for hydroxylation is 1. The summed E-state index contributed by atoms with van der Waals surface area (Å²) in [6, 6.07) is 16.9. The van der Waals surface area contributed by atoms with Crippen LogP contribution in [0, 0.1) is 6.92 Å². The number of pyridine rings is 1. The van der Waals surface area contributed by atoms with Gasteiger partial charge in [-0.3, -0.25) is 9.78 Å². The molecule has 1 fully saturated rings. The van der Waals surface area contributed by atoms with Crippen molar-refractivity contribution < 1.29 is 27.4 Å². The number of nitrogens with zero attached hydrogens (tertiary/aromatic N) is 2. The molecule has 1 aliphatic heterocycles. The fourth-order valence-corrected chi connectivity index (χ4v) is 3.60. The second kappa shape index (κ2) is 9.00. The first-order valence-corrected chi connectivity index (χ1v) is 10.0. The van der Waals surface area contributed by atoms with E-state index >= 15 is 0 Å². The van der Waals surface area contributed by atoms with Gasteiger partial charge in [0, 0.05) is 18.3 Å². The number of amides is 1. The fraction of sp³-hybridized carbons (Fsp3) is 0.250. The van der Waals surface area contributed by atoms with Crippen LogP contribution in [0.2, 0.25) is 0 Å². The van der Waals surface area contributed by atoms with Crippen LogP contribution in [0.1, 0.15) is 22.7 Å². The van der Waals surface area contributed by atoms with Gasteiger partial charge >= 0.3 is 6.36 Å². The molecule has 1 unspecified atom stereocenters. The molecule has 0 spiro atoms. The van der Waals surface area contributed by atoms with Crippen molar-refractivity contribution in [3.63, 3.8) is 0 Å². The predicted octanol–water partition coefficient (Wildman–Crippen LogP) is 5.06. The summed E-state index contributed by atoms with van der Waals surface area (Å²) in [5.41, 5.74) is 3.93. The van der Waals surface area contributed by atoms with E-state index in [1.54, 1.807) is 23.2 Å². The summed E-state index contributed by atoms with van der Waals surface area (Å²) in [7, 11) is 0.